The Bertz CT molecular complexity index is 781. The van der Waals surface area contributed by atoms with Crippen LogP contribution in [0.3, 0.4) is 0 Å². The monoisotopic (exact) mass is 356 g/mol. The molecule has 1 unspecified atom stereocenters. The summed E-state index contributed by atoms with van der Waals surface area (Å²) >= 11 is 0. The van der Waals surface area contributed by atoms with Crippen molar-refractivity contribution in [3.63, 3.8) is 0 Å². The summed E-state index contributed by atoms with van der Waals surface area (Å²) in [6.45, 7) is 3.94. The third-order valence-corrected chi connectivity index (χ3v) is 4.44. The molecule has 26 heavy (non-hydrogen) atoms. The highest BCUT2D eigenvalue weighted by atomic mass is 16.3. The van der Waals surface area contributed by atoms with Crippen LogP contribution in [0.4, 0.5) is 11.4 Å². The zero-order valence-electron chi connectivity index (χ0n) is 14.8. The van der Waals surface area contributed by atoms with Crippen molar-refractivity contribution in [2.75, 3.05) is 23.3 Å². The predicted octanol–water partition coefficient (Wildman–Crippen LogP) is 2.10. The largest absolute Gasteiger partial charge is 0.467 e. The van der Waals surface area contributed by atoms with Gasteiger partial charge in [-0.15, -0.1) is 0 Å². The fourth-order valence-electron chi connectivity index (χ4n) is 2.96. The molecule has 2 aromatic rings. The molecule has 0 radical (unpaired) electrons. The molecule has 4 N–H and O–H groups in total. The third kappa shape index (κ3) is 4.23. The highest BCUT2D eigenvalue weighted by Crippen LogP contribution is 2.23. The summed E-state index contributed by atoms with van der Waals surface area (Å²) in [6, 6.07) is 8.65. The van der Waals surface area contributed by atoms with Crippen LogP contribution in [0.5, 0.6) is 0 Å². The number of benzene rings is 1. The van der Waals surface area contributed by atoms with Gasteiger partial charge in [-0.05, 0) is 44.0 Å². The first-order valence-corrected chi connectivity index (χ1v) is 8.81. The minimum atomic E-state index is -0.686. The number of carbonyl (C=O) groups excluding carboxylic acids is 2. The van der Waals surface area contributed by atoms with Gasteiger partial charge in [0.1, 0.15) is 18.1 Å². The van der Waals surface area contributed by atoms with Crippen molar-refractivity contribution in [1.29, 1.82) is 0 Å². The van der Waals surface area contributed by atoms with E-state index in [0.29, 0.717) is 17.0 Å². The molecular weight excluding hydrogens is 332 g/mol. The van der Waals surface area contributed by atoms with Crippen molar-refractivity contribution in [2.24, 2.45) is 5.73 Å². The van der Waals surface area contributed by atoms with E-state index in [1.54, 1.807) is 13.0 Å². The SMILES string of the molecule is CC(NC(=O)c1coc(CN)c1)C(=O)Nc1cccc(N2CCCC2)c1. The number of nitrogens with one attached hydrogen (secondary N) is 2. The number of rotatable bonds is 6. The molecule has 138 valence electrons. The zero-order valence-corrected chi connectivity index (χ0v) is 14.8. The van der Waals surface area contributed by atoms with Gasteiger partial charge in [0.2, 0.25) is 5.91 Å². The predicted molar refractivity (Wildman–Crippen MR) is 100 cm³/mol. The fraction of sp³-hybridized carbons (Fsp3) is 0.368. The minimum Gasteiger partial charge on any atom is -0.467 e. The molecule has 0 spiro atoms. The van der Waals surface area contributed by atoms with E-state index in [1.807, 2.05) is 24.3 Å². The number of nitrogens with two attached hydrogens (primary N) is 1. The van der Waals surface area contributed by atoms with Crippen LogP contribution < -0.4 is 21.3 Å². The summed E-state index contributed by atoms with van der Waals surface area (Å²) in [5, 5.41) is 5.52. The lowest BCUT2D eigenvalue weighted by Gasteiger charge is -2.19. The molecule has 1 aliphatic heterocycles. The first kappa shape index (κ1) is 18.0. The van der Waals surface area contributed by atoms with Crippen LogP contribution >= 0.6 is 0 Å². The Morgan fingerprint density at radius 3 is 2.73 bits per heavy atom. The number of amides is 2. The Morgan fingerprint density at radius 2 is 2.04 bits per heavy atom. The maximum absolute atomic E-state index is 12.4. The van der Waals surface area contributed by atoms with E-state index in [1.165, 1.54) is 19.1 Å². The summed E-state index contributed by atoms with van der Waals surface area (Å²) in [5.41, 5.74) is 7.63. The average Bonchev–Trinajstić information content (AvgIpc) is 3.33. The summed E-state index contributed by atoms with van der Waals surface area (Å²) < 4.78 is 5.14. The molecule has 1 aromatic heterocycles. The molecule has 3 rings (SSSR count). The van der Waals surface area contributed by atoms with Gasteiger partial charge >= 0.3 is 0 Å². The van der Waals surface area contributed by atoms with Gasteiger partial charge in [0.15, 0.2) is 0 Å². The molecule has 1 saturated heterocycles. The lowest BCUT2D eigenvalue weighted by atomic mass is 10.2. The Labute approximate surface area is 152 Å². The van der Waals surface area contributed by atoms with Crippen molar-refractivity contribution >= 4 is 23.2 Å². The Morgan fingerprint density at radius 1 is 1.27 bits per heavy atom. The molecule has 2 heterocycles. The van der Waals surface area contributed by atoms with E-state index >= 15 is 0 Å². The van der Waals surface area contributed by atoms with Gasteiger partial charge < -0.3 is 25.7 Å². The van der Waals surface area contributed by atoms with Gasteiger partial charge in [-0.25, -0.2) is 0 Å². The smallest absolute Gasteiger partial charge is 0.255 e. The first-order chi connectivity index (χ1) is 12.6. The van der Waals surface area contributed by atoms with Gasteiger partial charge in [-0.1, -0.05) is 6.07 Å². The molecule has 1 aliphatic rings. The van der Waals surface area contributed by atoms with Crippen molar-refractivity contribution < 1.29 is 14.0 Å². The maximum atomic E-state index is 12.4. The fourth-order valence-corrected chi connectivity index (χ4v) is 2.96. The van der Waals surface area contributed by atoms with Crippen LogP contribution in [-0.2, 0) is 11.3 Å². The van der Waals surface area contributed by atoms with E-state index in [2.05, 4.69) is 15.5 Å². The average molecular weight is 356 g/mol. The van der Waals surface area contributed by atoms with Gasteiger partial charge in [0.25, 0.3) is 5.91 Å². The van der Waals surface area contributed by atoms with Crippen LogP contribution in [-0.4, -0.2) is 30.9 Å². The molecular formula is C19H24N4O3. The van der Waals surface area contributed by atoms with Crippen LogP contribution in [0.2, 0.25) is 0 Å². The Balaban J connectivity index is 1.58. The second-order valence-corrected chi connectivity index (χ2v) is 6.43. The van der Waals surface area contributed by atoms with Gasteiger partial charge in [0.05, 0.1) is 12.1 Å². The quantitative estimate of drug-likeness (QED) is 0.736. The van der Waals surface area contributed by atoms with E-state index in [0.717, 1.165) is 18.8 Å². The summed E-state index contributed by atoms with van der Waals surface area (Å²) in [7, 11) is 0. The summed E-state index contributed by atoms with van der Waals surface area (Å²) in [4.78, 5) is 26.9. The highest BCUT2D eigenvalue weighted by molar-refractivity contribution is 6.01. The van der Waals surface area contributed by atoms with Crippen LogP contribution in [0.25, 0.3) is 0 Å². The van der Waals surface area contributed by atoms with Gasteiger partial charge in [-0.3, -0.25) is 9.59 Å². The second kappa shape index (κ2) is 8.05. The van der Waals surface area contributed by atoms with E-state index < -0.39 is 6.04 Å². The standard InChI is InChI=1S/C19H24N4O3/c1-13(21-19(25)14-9-17(11-20)26-12-14)18(24)22-15-5-4-6-16(10-15)23-7-2-3-8-23/h4-6,9-10,12-13H,2-3,7-8,11,20H2,1H3,(H,21,25)(H,22,24). The van der Waals surface area contributed by atoms with Crippen molar-refractivity contribution in [2.45, 2.75) is 32.4 Å². The number of anilines is 2. The molecule has 0 saturated carbocycles. The normalized spacial score (nSPS) is 14.9. The first-order valence-electron chi connectivity index (χ1n) is 8.81. The number of hydrogen-bond donors (Lipinski definition) is 3. The highest BCUT2D eigenvalue weighted by Gasteiger charge is 2.19. The Hall–Kier alpha value is -2.80. The van der Waals surface area contributed by atoms with Gasteiger partial charge in [0, 0.05) is 24.5 Å². The summed E-state index contributed by atoms with van der Waals surface area (Å²) in [5.74, 6) is -0.132. The van der Waals surface area contributed by atoms with Crippen molar-refractivity contribution in [3.8, 4) is 0 Å². The minimum absolute atomic E-state index is 0.219. The van der Waals surface area contributed by atoms with Crippen LogP contribution in [0.15, 0.2) is 41.0 Å². The molecule has 1 atom stereocenters. The molecule has 7 nitrogen and oxygen atoms in total. The molecule has 7 heteroatoms. The number of hydrogen-bond acceptors (Lipinski definition) is 5. The van der Waals surface area contributed by atoms with E-state index in [9.17, 15) is 9.59 Å². The maximum Gasteiger partial charge on any atom is 0.255 e. The topological polar surface area (TPSA) is 101 Å². The van der Waals surface area contributed by atoms with Crippen molar-refractivity contribution in [3.05, 3.63) is 47.9 Å². The number of furan rings is 1. The third-order valence-electron chi connectivity index (χ3n) is 4.44. The van der Waals surface area contributed by atoms with E-state index in [-0.39, 0.29) is 18.4 Å². The second-order valence-electron chi connectivity index (χ2n) is 6.43. The molecule has 1 fully saturated rings. The summed E-state index contributed by atoms with van der Waals surface area (Å²) in [6.07, 6.45) is 3.72. The van der Waals surface area contributed by atoms with E-state index in [4.69, 9.17) is 10.2 Å². The number of carbonyl (C=O) groups is 2. The molecule has 2 amide bonds. The van der Waals surface area contributed by atoms with Crippen molar-refractivity contribution in [1.82, 2.24) is 5.32 Å². The lowest BCUT2D eigenvalue weighted by Crippen LogP contribution is -2.41. The zero-order chi connectivity index (χ0) is 18.5. The van der Waals surface area contributed by atoms with Crippen LogP contribution in [0, 0.1) is 0 Å². The Kier molecular flexibility index (Phi) is 5.58. The van der Waals surface area contributed by atoms with Crippen LogP contribution in [0.1, 0.15) is 35.9 Å². The van der Waals surface area contributed by atoms with Gasteiger partial charge in [-0.2, -0.15) is 0 Å². The number of nitrogens with zero attached hydrogens (tertiary/aromatic N) is 1. The lowest BCUT2D eigenvalue weighted by molar-refractivity contribution is -0.117. The molecule has 0 aliphatic carbocycles. The molecule has 1 aromatic carbocycles. The molecule has 0 bridgehead atoms.